The number of hydrogen-bond donors (Lipinski definition) is 2. The Morgan fingerprint density at radius 2 is 1.83 bits per heavy atom. The molecule has 0 aliphatic rings. The highest BCUT2D eigenvalue weighted by atomic mass is 35.5. The first kappa shape index (κ1) is 19.3. The number of carbonyl (C=O) groups is 2. The molecule has 1 rings (SSSR count). The molecule has 128 valence electrons. The Kier molecular flexibility index (Phi) is 6.84. The van der Waals surface area contributed by atoms with Crippen molar-refractivity contribution in [3.8, 4) is 0 Å². The predicted octanol–water partition coefficient (Wildman–Crippen LogP) is 2.83. The molecule has 1 aromatic carbocycles. The normalized spacial score (nSPS) is 13.8. The van der Waals surface area contributed by atoms with Crippen LogP contribution in [-0.2, 0) is 14.3 Å². The van der Waals surface area contributed by atoms with Gasteiger partial charge in [0.15, 0.2) is 6.04 Å². The number of alkyl carbamates (subject to hydrolysis) is 1. The van der Waals surface area contributed by atoms with Crippen molar-refractivity contribution < 1.29 is 24.2 Å². The zero-order valence-corrected chi connectivity index (χ0v) is 14.4. The van der Waals surface area contributed by atoms with Crippen molar-refractivity contribution in [3.05, 3.63) is 34.9 Å². The van der Waals surface area contributed by atoms with Crippen LogP contribution in [0.25, 0.3) is 0 Å². The van der Waals surface area contributed by atoms with Crippen LogP contribution in [0.1, 0.15) is 39.4 Å². The number of halogens is 1. The van der Waals surface area contributed by atoms with Crippen LogP contribution in [-0.4, -0.2) is 35.4 Å². The van der Waals surface area contributed by atoms with E-state index < -0.39 is 29.8 Å². The third-order valence-corrected chi connectivity index (χ3v) is 2.99. The summed E-state index contributed by atoms with van der Waals surface area (Å²) in [5, 5.41) is 13.2. The highest BCUT2D eigenvalue weighted by molar-refractivity contribution is 6.30. The summed E-state index contributed by atoms with van der Waals surface area (Å²) in [6.45, 7) is 6.85. The summed E-state index contributed by atoms with van der Waals surface area (Å²) < 4.78 is 10.0. The number of hydrogen-bond acceptors (Lipinski definition) is 5. The van der Waals surface area contributed by atoms with Gasteiger partial charge in [0.05, 0.1) is 6.61 Å². The van der Waals surface area contributed by atoms with Crippen LogP contribution in [0.5, 0.6) is 0 Å². The molecule has 0 aromatic heterocycles. The molecule has 0 saturated carbocycles. The molecule has 2 atom stereocenters. The first-order chi connectivity index (χ1) is 10.6. The number of aliphatic hydroxyl groups is 1. The molecule has 7 heteroatoms. The molecule has 2 N–H and O–H groups in total. The molecule has 6 nitrogen and oxygen atoms in total. The van der Waals surface area contributed by atoms with Crippen LogP contribution in [0.4, 0.5) is 4.79 Å². The van der Waals surface area contributed by atoms with Crippen molar-refractivity contribution in [2.45, 2.75) is 45.4 Å². The quantitative estimate of drug-likeness (QED) is 0.803. The second-order valence-electron chi connectivity index (χ2n) is 5.87. The predicted molar refractivity (Wildman–Crippen MR) is 86.2 cm³/mol. The molecule has 0 bridgehead atoms. The van der Waals surface area contributed by atoms with Gasteiger partial charge >= 0.3 is 12.1 Å². The Morgan fingerprint density at radius 3 is 2.30 bits per heavy atom. The minimum Gasteiger partial charge on any atom is -0.464 e. The van der Waals surface area contributed by atoms with Gasteiger partial charge < -0.3 is 19.9 Å². The zero-order valence-electron chi connectivity index (χ0n) is 13.6. The van der Waals surface area contributed by atoms with Gasteiger partial charge in [-0.25, -0.2) is 9.59 Å². The smallest absolute Gasteiger partial charge is 0.408 e. The highest BCUT2D eigenvalue weighted by Crippen LogP contribution is 2.21. The molecule has 0 radical (unpaired) electrons. The fraction of sp³-hybridized carbons (Fsp3) is 0.500. The monoisotopic (exact) mass is 343 g/mol. The van der Waals surface area contributed by atoms with Crippen LogP contribution in [0.15, 0.2) is 24.3 Å². The van der Waals surface area contributed by atoms with E-state index in [-0.39, 0.29) is 6.61 Å². The molecule has 0 aliphatic carbocycles. The molecular formula is C16H22ClNO5. The van der Waals surface area contributed by atoms with Gasteiger partial charge in [0.2, 0.25) is 0 Å². The standard InChI is InChI=1S/C16H22ClNO5/c1-5-22-14(20)12(18-15(21)23-16(2,3)4)13(19)10-6-8-11(17)9-7-10/h6-9,12-13,19H,5H2,1-4H3,(H,18,21)/t12-,13+/m0/s1. The number of ether oxygens (including phenoxy) is 2. The van der Waals surface area contributed by atoms with Gasteiger partial charge in [-0.2, -0.15) is 0 Å². The maximum atomic E-state index is 12.0. The second-order valence-corrected chi connectivity index (χ2v) is 6.31. The molecule has 0 spiro atoms. The number of nitrogens with one attached hydrogen (secondary N) is 1. The fourth-order valence-corrected chi connectivity index (χ4v) is 1.91. The summed E-state index contributed by atoms with van der Waals surface area (Å²) in [6, 6.07) is 5.00. The van der Waals surface area contributed by atoms with E-state index in [1.807, 2.05) is 0 Å². The van der Waals surface area contributed by atoms with E-state index >= 15 is 0 Å². The molecule has 0 saturated heterocycles. The second kappa shape index (κ2) is 8.17. The Bertz CT molecular complexity index is 538. The Labute approximate surface area is 140 Å². The lowest BCUT2D eigenvalue weighted by Gasteiger charge is -2.25. The lowest BCUT2D eigenvalue weighted by atomic mass is 10.0. The van der Waals surface area contributed by atoms with Crippen molar-refractivity contribution in [1.82, 2.24) is 5.32 Å². The lowest BCUT2D eigenvalue weighted by Crippen LogP contribution is -2.47. The first-order valence-corrected chi connectivity index (χ1v) is 7.61. The van der Waals surface area contributed by atoms with Crippen LogP contribution < -0.4 is 5.32 Å². The Morgan fingerprint density at radius 1 is 1.26 bits per heavy atom. The van der Waals surface area contributed by atoms with Gasteiger partial charge in [-0.15, -0.1) is 0 Å². The Balaban J connectivity index is 2.93. The number of aliphatic hydroxyl groups excluding tert-OH is 1. The number of rotatable bonds is 5. The van der Waals surface area contributed by atoms with Crippen LogP contribution in [0.2, 0.25) is 5.02 Å². The van der Waals surface area contributed by atoms with E-state index in [1.165, 1.54) is 0 Å². The van der Waals surface area contributed by atoms with Crippen molar-refractivity contribution in [1.29, 1.82) is 0 Å². The van der Waals surface area contributed by atoms with Crippen molar-refractivity contribution >= 4 is 23.7 Å². The highest BCUT2D eigenvalue weighted by Gasteiger charge is 2.32. The summed E-state index contributed by atoms with van der Waals surface area (Å²) in [5.74, 6) is -0.749. The molecule has 23 heavy (non-hydrogen) atoms. The van der Waals surface area contributed by atoms with Crippen LogP contribution >= 0.6 is 11.6 Å². The van der Waals surface area contributed by atoms with Crippen LogP contribution in [0, 0.1) is 0 Å². The summed E-state index contributed by atoms with van der Waals surface area (Å²) in [7, 11) is 0. The average molecular weight is 344 g/mol. The van der Waals surface area contributed by atoms with Gasteiger partial charge in [-0.3, -0.25) is 0 Å². The van der Waals surface area contributed by atoms with E-state index in [0.717, 1.165) is 0 Å². The molecule has 0 unspecified atom stereocenters. The van der Waals surface area contributed by atoms with Crippen molar-refractivity contribution in [2.75, 3.05) is 6.61 Å². The average Bonchev–Trinajstić information content (AvgIpc) is 2.43. The van der Waals surface area contributed by atoms with Gasteiger partial charge in [0.25, 0.3) is 0 Å². The summed E-state index contributed by atoms with van der Waals surface area (Å²) in [6.07, 6.45) is -2.11. The minimum atomic E-state index is -1.29. The number of benzene rings is 1. The number of carbonyl (C=O) groups excluding carboxylic acids is 2. The topological polar surface area (TPSA) is 84.9 Å². The van der Waals surface area contributed by atoms with Gasteiger partial charge in [0.1, 0.15) is 11.7 Å². The minimum absolute atomic E-state index is 0.124. The van der Waals surface area contributed by atoms with E-state index in [9.17, 15) is 14.7 Å². The largest absolute Gasteiger partial charge is 0.464 e. The maximum absolute atomic E-state index is 12.0. The van der Waals surface area contributed by atoms with E-state index in [0.29, 0.717) is 10.6 Å². The molecule has 0 heterocycles. The molecular weight excluding hydrogens is 322 g/mol. The first-order valence-electron chi connectivity index (χ1n) is 7.23. The van der Waals surface area contributed by atoms with E-state index in [4.69, 9.17) is 21.1 Å². The number of amides is 1. The molecule has 0 fully saturated rings. The molecule has 0 aliphatic heterocycles. The van der Waals surface area contributed by atoms with E-state index in [1.54, 1.807) is 52.0 Å². The van der Waals surface area contributed by atoms with E-state index in [2.05, 4.69) is 5.32 Å². The van der Waals surface area contributed by atoms with Crippen molar-refractivity contribution in [2.24, 2.45) is 0 Å². The summed E-state index contributed by atoms with van der Waals surface area (Å²) >= 11 is 5.80. The summed E-state index contributed by atoms with van der Waals surface area (Å²) in [5.41, 5.74) is -0.308. The van der Waals surface area contributed by atoms with Gasteiger partial charge in [0, 0.05) is 5.02 Å². The lowest BCUT2D eigenvalue weighted by molar-refractivity contribution is -0.148. The fourth-order valence-electron chi connectivity index (χ4n) is 1.79. The molecule has 1 aromatic rings. The molecule has 1 amide bonds. The third kappa shape index (κ3) is 6.46. The van der Waals surface area contributed by atoms with Gasteiger partial charge in [-0.1, -0.05) is 23.7 Å². The SMILES string of the molecule is CCOC(=O)[C@@H](NC(=O)OC(C)(C)C)[C@H](O)c1ccc(Cl)cc1. The number of esters is 1. The maximum Gasteiger partial charge on any atom is 0.408 e. The summed E-state index contributed by atoms with van der Waals surface area (Å²) in [4.78, 5) is 23.9. The van der Waals surface area contributed by atoms with Gasteiger partial charge in [-0.05, 0) is 45.4 Å². The Hall–Kier alpha value is -1.79. The zero-order chi connectivity index (χ0) is 17.6. The van der Waals surface area contributed by atoms with Crippen molar-refractivity contribution in [3.63, 3.8) is 0 Å². The van der Waals surface area contributed by atoms with Crippen LogP contribution in [0.3, 0.4) is 0 Å². The third-order valence-electron chi connectivity index (χ3n) is 2.74.